The second-order valence-electron chi connectivity index (χ2n) is 5.07. The topological polar surface area (TPSA) is 0 Å². The summed E-state index contributed by atoms with van der Waals surface area (Å²) in [6, 6.07) is 0. The van der Waals surface area contributed by atoms with E-state index in [1.165, 1.54) is 31.3 Å². The third-order valence-corrected chi connectivity index (χ3v) is 3.40. The molecule has 1 aliphatic rings. The quantitative estimate of drug-likeness (QED) is 0.485. The normalized spacial score (nSPS) is 30.5. The summed E-state index contributed by atoms with van der Waals surface area (Å²) in [5.74, 6) is 0. The minimum Gasteiger partial charge on any atom is -0.0885 e. The number of rotatable bonds is 0. The van der Waals surface area contributed by atoms with Crippen molar-refractivity contribution in [3.63, 3.8) is 0 Å². The maximum Gasteiger partial charge on any atom is -0.0144 e. The van der Waals surface area contributed by atoms with Crippen LogP contribution in [0.2, 0.25) is 0 Å². The fourth-order valence-electron chi connectivity index (χ4n) is 1.80. The lowest BCUT2D eigenvalue weighted by molar-refractivity contribution is 0.410. The molecule has 0 unspecified atom stereocenters. The molecule has 0 atom stereocenters. The van der Waals surface area contributed by atoms with Crippen molar-refractivity contribution in [2.45, 2.75) is 52.9 Å². The molecule has 0 amide bonds. The van der Waals surface area contributed by atoms with Crippen LogP contribution in [0.3, 0.4) is 0 Å². The van der Waals surface area contributed by atoms with E-state index in [4.69, 9.17) is 0 Å². The van der Waals surface area contributed by atoms with Crippen molar-refractivity contribution in [3.8, 4) is 0 Å². The molecule has 0 aromatic rings. The summed E-state index contributed by atoms with van der Waals surface area (Å²) < 4.78 is 0. The predicted molar refractivity (Wildman–Crippen MR) is 68.9 cm³/mol. The second kappa shape index (κ2) is 5.95. The van der Waals surface area contributed by atoms with Gasteiger partial charge >= 0.3 is 0 Å². The van der Waals surface area contributed by atoms with E-state index in [1.54, 1.807) is 0 Å². The maximum atomic E-state index is 2.38. The van der Waals surface area contributed by atoms with Crippen LogP contribution in [-0.4, -0.2) is 0 Å². The molecule has 1 rings (SSSR count). The Kier molecular flexibility index (Phi) is 4.87. The van der Waals surface area contributed by atoms with Crippen molar-refractivity contribution in [3.05, 3.63) is 36.0 Å². The van der Waals surface area contributed by atoms with E-state index in [-0.39, 0.29) is 0 Å². The first-order valence-corrected chi connectivity index (χ1v) is 6.10. The molecule has 0 saturated heterocycles. The lowest BCUT2D eigenvalue weighted by Crippen LogP contribution is -2.12. The summed E-state index contributed by atoms with van der Waals surface area (Å²) in [6.45, 7) is 6.97. The first-order valence-electron chi connectivity index (χ1n) is 6.10. The van der Waals surface area contributed by atoms with Gasteiger partial charge in [0.1, 0.15) is 0 Å². The molecule has 0 aliphatic heterocycles. The van der Waals surface area contributed by atoms with Gasteiger partial charge in [-0.15, -0.1) is 0 Å². The van der Waals surface area contributed by atoms with E-state index in [2.05, 4.69) is 51.2 Å². The summed E-state index contributed by atoms with van der Waals surface area (Å²) in [5.41, 5.74) is 1.89. The zero-order valence-corrected chi connectivity index (χ0v) is 10.4. The molecule has 1 aliphatic carbocycles. The van der Waals surface area contributed by atoms with Gasteiger partial charge in [-0.3, -0.25) is 0 Å². The van der Waals surface area contributed by atoms with Crippen LogP contribution in [0.1, 0.15) is 52.9 Å². The van der Waals surface area contributed by atoms with E-state index in [0.29, 0.717) is 5.41 Å². The van der Waals surface area contributed by atoms with Crippen molar-refractivity contribution in [2.24, 2.45) is 5.41 Å². The number of allylic oxidation sites excluding steroid dienone is 6. The predicted octanol–water partition coefficient (Wildman–Crippen LogP) is 5.04. The van der Waals surface area contributed by atoms with Crippen LogP contribution >= 0.6 is 0 Å². The summed E-state index contributed by atoms with van der Waals surface area (Å²) in [5, 5.41) is 0. The van der Waals surface area contributed by atoms with Crippen molar-refractivity contribution >= 4 is 0 Å². The van der Waals surface area contributed by atoms with Gasteiger partial charge in [0.2, 0.25) is 0 Å². The van der Waals surface area contributed by atoms with Crippen molar-refractivity contribution in [1.29, 1.82) is 0 Å². The third kappa shape index (κ3) is 4.51. The highest BCUT2D eigenvalue weighted by atomic mass is 14.2. The maximum absolute atomic E-state index is 2.38. The van der Waals surface area contributed by atoms with Gasteiger partial charge in [0, 0.05) is 0 Å². The molecule has 15 heavy (non-hydrogen) atoms. The standard InChI is InChI=1S/C15H24/c1-14-12-10-8-6-4-5-7-9-11-13-15(14,2)3/h6-9,12H,4-5,10-11,13H2,1-3H3/b8-6-,9-7-,14-12-. The Morgan fingerprint density at radius 3 is 2.27 bits per heavy atom. The smallest absolute Gasteiger partial charge is 0.0144 e. The fraction of sp³-hybridized carbons (Fsp3) is 0.600. The molecule has 0 spiro atoms. The summed E-state index contributed by atoms with van der Waals surface area (Å²) in [7, 11) is 0. The van der Waals surface area contributed by atoms with E-state index in [1.807, 2.05) is 0 Å². The average Bonchev–Trinajstić information content (AvgIpc) is 2.18. The fourth-order valence-corrected chi connectivity index (χ4v) is 1.80. The molecule has 0 heteroatoms. The monoisotopic (exact) mass is 204 g/mol. The minimum atomic E-state index is 0.359. The molecular weight excluding hydrogens is 180 g/mol. The van der Waals surface area contributed by atoms with Crippen molar-refractivity contribution < 1.29 is 0 Å². The lowest BCUT2D eigenvalue weighted by atomic mass is 9.80. The molecule has 0 radical (unpaired) electrons. The second-order valence-corrected chi connectivity index (χ2v) is 5.07. The Labute approximate surface area is 94.8 Å². The van der Waals surface area contributed by atoms with Gasteiger partial charge in [0.15, 0.2) is 0 Å². The van der Waals surface area contributed by atoms with Gasteiger partial charge in [-0.05, 0) is 44.4 Å². The summed E-state index contributed by atoms with van der Waals surface area (Å²) in [6.07, 6.45) is 17.6. The SMILES string of the molecule is C/C1=C/C/C=C\CC/C=C\CCC1(C)C. The van der Waals surface area contributed by atoms with E-state index in [9.17, 15) is 0 Å². The van der Waals surface area contributed by atoms with Gasteiger partial charge in [0.25, 0.3) is 0 Å². The number of hydrogen-bond acceptors (Lipinski definition) is 0. The van der Waals surface area contributed by atoms with Crippen molar-refractivity contribution in [2.75, 3.05) is 0 Å². The Bertz CT molecular complexity index is 264. The van der Waals surface area contributed by atoms with Crippen LogP contribution in [0.5, 0.6) is 0 Å². The van der Waals surface area contributed by atoms with E-state index >= 15 is 0 Å². The average molecular weight is 204 g/mol. The van der Waals surface area contributed by atoms with Gasteiger partial charge in [-0.2, -0.15) is 0 Å². The molecule has 0 aromatic carbocycles. The molecule has 0 heterocycles. The van der Waals surface area contributed by atoms with Gasteiger partial charge in [-0.25, -0.2) is 0 Å². The number of hydrogen-bond donors (Lipinski definition) is 0. The molecule has 84 valence electrons. The molecule has 0 nitrogen and oxygen atoms in total. The molecule has 0 saturated carbocycles. The van der Waals surface area contributed by atoms with Crippen LogP contribution < -0.4 is 0 Å². The van der Waals surface area contributed by atoms with Gasteiger partial charge in [-0.1, -0.05) is 49.8 Å². The van der Waals surface area contributed by atoms with Crippen LogP contribution in [-0.2, 0) is 0 Å². The molecular formula is C15H24. The Hall–Kier alpha value is -0.780. The van der Waals surface area contributed by atoms with Gasteiger partial charge < -0.3 is 0 Å². The summed E-state index contributed by atoms with van der Waals surface area (Å²) in [4.78, 5) is 0. The summed E-state index contributed by atoms with van der Waals surface area (Å²) >= 11 is 0. The highest BCUT2D eigenvalue weighted by molar-refractivity contribution is 5.11. The highest BCUT2D eigenvalue weighted by Gasteiger charge is 2.18. The van der Waals surface area contributed by atoms with Crippen LogP contribution in [0.15, 0.2) is 36.0 Å². The highest BCUT2D eigenvalue weighted by Crippen LogP contribution is 2.31. The van der Waals surface area contributed by atoms with Crippen LogP contribution in [0, 0.1) is 5.41 Å². The van der Waals surface area contributed by atoms with E-state index in [0.717, 1.165) is 6.42 Å². The minimum absolute atomic E-state index is 0.359. The first kappa shape index (κ1) is 12.3. The Balaban J connectivity index is 2.70. The molecule has 0 fully saturated rings. The molecule has 0 bridgehead atoms. The molecule has 0 N–H and O–H groups in total. The Morgan fingerprint density at radius 2 is 1.53 bits per heavy atom. The third-order valence-electron chi connectivity index (χ3n) is 3.40. The first-order chi connectivity index (χ1) is 7.13. The van der Waals surface area contributed by atoms with Crippen molar-refractivity contribution in [1.82, 2.24) is 0 Å². The Morgan fingerprint density at radius 1 is 0.933 bits per heavy atom. The van der Waals surface area contributed by atoms with E-state index < -0.39 is 0 Å². The van der Waals surface area contributed by atoms with Gasteiger partial charge in [0.05, 0.1) is 0 Å². The lowest BCUT2D eigenvalue weighted by Gasteiger charge is -2.25. The van der Waals surface area contributed by atoms with Crippen LogP contribution in [0.25, 0.3) is 0 Å². The zero-order valence-electron chi connectivity index (χ0n) is 10.4. The zero-order chi connectivity index (χ0) is 11.1. The molecule has 0 aromatic heterocycles. The largest absolute Gasteiger partial charge is 0.0885 e. The van der Waals surface area contributed by atoms with Crippen LogP contribution in [0.4, 0.5) is 0 Å².